The molecule has 29 heteroatoms. The van der Waals surface area contributed by atoms with Gasteiger partial charge in [0.25, 0.3) is 0 Å². The van der Waals surface area contributed by atoms with Crippen molar-refractivity contribution in [2.45, 2.75) is 0 Å². The van der Waals surface area contributed by atoms with Gasteiger partial charge in [-0.3, -0.25) is 36.4 Å². The summed E-state index contributed by atoms with van der Waals surface area (Å²) >= 11 is 0. The largest absolute Gasteiger partial charge is 0.394 e. The third-order valence-electron chi connectivity index (χ3n) is 7.46. The van der Waals surface area contributed by atoms with Crippen molar-refractivity contribution in [3.05, 3.63) is 97.1 Å². The van der Waals surface area contributed by atoms with E-state index in [1.807, 2.05) is 97.1 Å². The van der Waals surface area contributed by atoms with Gasteiger partial charge in [-0.05, 0) is 0 Å². The molecule has 0 saturated heterocycles. The molecule has 2 aliphatic heterocycles. The van der Waals surface area contributed by atoms with Crippen LogP contribution in [0, 0.1) is 0 Å². The molecule has 0 saturated carbocycles. The second-order valence-corrected chi connectivity index (χ2v) is 15.2. The number of H-pyrrole nitrogens is 2. The zero-order chi connectivity index (χ0) is 44.2. The first-order valence-corrected chi connectivity index (χ1v) is 21.4. The van der Waals surface area contributed by atoms with Crippen molar-refractivity contribution in [2.24, 2.45) is 0 Å². The molecule has 7 aromatic rings. The van der Waals surface area contributed by atoms with E-state index in [-0.39, 0.29) is 17.4 Å². The van der Waals surface area contributed by atoms with E-state index in [4.69, 9.17) is 100.0 Å². The molecule has 0 amide bonds. The van der Waals surface area contributed by atoms with Crippen LogP contribution in [0.25, 0.3) is 89.7 Å². The highest BCUT2D eigenvalue weighted by atomic mass is 32.3. The standard InChI is InChI=1S/C32H18N8.Al.4H2O4S/c1-2-10-18-17(9-1)25-33-26(18)38-28-21-13-5-6-14-22(21)30(35-28)40-32-24-16-8-7-15-23(24)31(36-32)39-29-20-12-4-3-11-19(20)27(34-29)37-25;;4*1-5(2,3)4/h1-16H,(H2,33,34,35,36,37,38,39,40);;4*(H2,1,2,3,4). The van der Waals surface area contributed by atoms with Crippen LogP contribution in [0.3, 0.4) is 0 Å². The summed E-state index contributed by atoms with van der Waals surface area (Å²) in [6, 6.07) is 32.2. The van der Waals surface area contributed by atoms with E-state index >= 15 is 0 Å². The van der Waals surface area contributed by atoms with Gasteiger partial charge in [0, 0.05) is 61.2 Å². The summed E-state index contributed by atoms with van der Waals surface area (Å²) in [7, 11) is -18.7. The van der Waals surface area contributed by atoms with Crippen molar-refractivity contribution in [2.75, 3.05) is 0 Å². The fourth-order valence-corrected chi connectivity index (χ4v) is 5.59. The van der Waals surface area contributed by atoms with Gasteiger partial charge in [-0.1, -0.05) is 97.1 Å². The van der Waals surface area contributed by atoms with Crippen LogP contribution in [-0.2, 0) is 41.6 Å². The minimum Gasteiger partial charge on any atom is -0.324 e. The van der Waals surface area contributed by atoms with E-state index in [2.05, 4.69) is 9.97 Å². The first kappa shape index (κ1) is 47.9. The van der Waals surface area contributed by atoms with Crippen LogP contribution in [-0.4, -0.2) is 127 Å². The number of hydrogen-bond donors (Lipinski definition) is 10. The van der Waals surface area contributed by atoms with Gasteiger partial charge in [-0.15, -0.1) is 0 Å². The molecular formula is C32H26AlN8O16S4. The number of fused-ring (bicyclic) bond motifs is 20. The predicted molar refractivity (Wildman–Crippen MR) is 219 cm³/mol. The van der Waals surface area contributed by atoms with Crippen LogP contribution in [0.15, 0.2) is 97.1 Å². The lowest BCUT2D eigenvalue weighted by Gasteiger charge is -1.96. The Morgan fingerprint density at radius 3 is 0.656 bits per heavy atom. The molecule has 24 nitrogen and oxygen atoms in total. The fraction of sp³-hybridized carbons (Fsp3) is 0. The Kier molecular flexibility index (Phi) is 14.8. The van der Waals surface area contributed by atoms with E-state index in [9.17, 15) is 0 Å². The van der Waals surface area contributed by atoms with Gasteiger partial charge >= 0.3 is 41.6 Å². The molecule has 0 fully saturated rings. The highest BCUT2D eigenvalue weighted by Crippen LogP contribution is 2.36. The molecular weight excluding hydrogens is 908 g/mol. The normalized spacial score (nSPS) is 11.7. The van der Waals surface area contributed by atoms with Crippen LogP contribution in [0.5, 0.6) is 0 Å². The molecule has 10 N–H and O–H groups in total. The Labute approximate surface area is 354 Å². The average molecular weight is 934 g/mol. The number of aromatic nitrogens is 8. The predicted octanol–water partition coefficient (Wildman–Crippen LogP) is 3.88. The second kappa shape index (κ2) is 18.9. The minimum absolute atomic E-state index is 0. The lowest BCUT2D eigenvalue weighted by atomic mass is 10.1. The zero-order valence-corrected chi connectivity index (χ0v) is 34.4. The molecule has 3 aromatic heterocycles. The monoisotopic (exact) mass is 933 g/mol. The van der Waals surface area contributed by atoms with Gasteiger partial charge in [0.1, 0.15) is 22.6 Å². The maximum absolute atomic E-state index is 8.74. The maximum atomic E-state index is 8.74. The number of aromatic amines is 2. The van der Waals surface area contributed by atoms with E-state index in [1.54, 1.807) is 0 Å². The molecule has 317 valence electrons. The summed E-state index contributed by atoms with van der Waals surface area (Å²) in [5, 5.41) is 3.82. The minimum atomic E-state index is -4.67. The third-order valence-corrected chi connectivity index (χ3v) is 7.46. The van der Waals surface area contributed by atoms with Gasteiger partial charge in [-0.2, -0.15) is 33.7 Å². The van der Waals surface area contributed by atoms with Crippen LogP contribution in [0.1, 0.15) is 0 Å². The number of nitrogens with zero attached hydrogens (tertiary/aromatic N) is 6. The van der Waals surface area contributed by atoms with Crippen molar-refractivity contribution < 1.29 is 70.1 Å². The highest BCUT2D eigenvalue weighted by molar-refractivity contribution is 7.80. The van der Waals surface area contributed by atoms with Gasteiger partial charge in [0.05, 0.1) is 0 Å². The molecule has 9 rings (SSSR count). The van der Waals surface area contributed by atoms with Crippen LogP contribution in [0.4, 0.5) is 0 Å². The maximum Gasteiger partial charge on any atom is 0.394 e. The van der Waals surface area contributed by atoms with Gasteiger partial charge in [-0.25, -0.2) is 29.9 Å². The molecule has 3 radical (unpaired) electrons. The first-order chi connectivity index (χ1) is 27.8. The fourth-order valence-electron chi connectivity index (χ4n) is 5.59. The van der Waals surface area contributed by atoms with E-state index in [0.717, 1.165) is 43.8 Å². The van der Waals surface area contributed by atoms with Crippen LogP contribution >= 0.6 is 0 Å². The Bertz CT molecular complexity index is 2930. The topological polar surface area (TPSA) is 407 Å². The smallest absolute Gasteiger partial charge is 0.324 e. The molecule has 0 aliphatic carbocycles. The number of nitrogens with one attached hydrogen (secondary N) is 2. The summed E-state index contributed by atoms with van der Waals surface area (Å²) in [5.41, 5.74) is 6.45. The molecule has 8 bridgehead atoms. The van der Waals surface area contributed by atoms with E-state index in [0.29, 0.717) is 45.9 Å². The van der Waals surface area contributed by atoms with Crippen LogP contribution < -0.4 is 0 Å². The van der Waals surface area contributed by atoms with Crippen molar-refractivity contribution in [3.8, 4) is 45.6 Å². The van der Waals surface area contributed by atoms with Gasteiger partial charge in [0.2, 0.25) is 0 Å². The Balaban J connectivity index is 0.000000329. The Hall–Kier alpha value is -5.75. The van der Waals surface area contributed by atoms with Gasteiger partial charge in [0.15, 0.2) is 23.3 Å². The number of hydrogen-bond acceptors (Lipinski definition) is 14. The molecule has 4 aromatic carbocycles. The SMILES string of the molecule is O=S(=O)(O)O.O=S(=O)(O)O.O=S(=O)(O)O.O=S(=O)(O)O.[Al].c1ccc2c(c1)-c1nc-2nc2[nH]c(nc3nc(nc4[nH]c(n1)c1ccccc41)-c1ccccc1-3)c1ccccc21. The second-order valence-electron chi connectivity index (χ2n) is 11.6. The number of benzene rings is 4. The molecule has 2 aliphatic rings. The number of rotatable bonds is 0. The zero-order valence-electron chi connectivity index (χ0n) is 30.0. The van der Waals surface area contributed by atoms with E-state index < -0.39 is 41.6 Å². The van der Waals surface area contributed by atoms with E-state index in [1.165, 1.54) is 0 Å². The molecule has 0 atom stereocenters. The lowest BCUT2D eigenvalue weighted by Crippen LogP contribution is -1.89. The molecule has 0 spiro atoms. The first-order valence-electron chi connectivity index (χ1n) is 15.8. The third kappa shape index (κ3) is 14.2. The summed E-state index contributed by atoms with van der Waals surface area (Å²) in [5.74, 6) is 2.39. The van der Waals surface area contributed by atoms with Gasteiger partial charge < -0.3 is 9.97 Å². The molecule has 5 heterocycles. The molecule has 61 heavy (non-hydrogen) atoms. The van der Waals surface area contributed by atoms with Crippen molar-refractivity contribution >= 4 is 103 Å². The average Bonchev–Trinajstić information content (AvgIpc) is 3.85. The van der Waals surface area contributed by atoms with Crippen molar-refractivity contribution in [1.82, 2.24) is 39.9 Å². The summed E-state index contributed by atoms with van der Waals surface area (Å²) in [4.78, 5) is 36.8. The summed E-state index contributed by atoms with van der Waals surface area (Å²) < 4.78 is 126. The van der Waals surface area contributed by atoms with Crippen molar-refractivity contribution in [3.63, 3.8) is 0 Å². The highest BCUT2D eigenvalue weighted by Gasteiger charge is 2.21. The molecule has 0 unspecified atom stereocenters. The Morgan fingerprint density at radius 2 is 0.475 bits per heavy atom. The summed E-state index contributed by atoms with van der Waals surface area (Å²) in [6.45, 7) is 0. The van der Waals surface area contributed by atoms with Crippen molar-refractivity contribution in [1.29, 1.82) is 0 Å². The Morgan fingerprint density at radius 1 is 0.311 bits per heavy atom. The summed E-state index contributed by atoms with van der Waals surface area (Å²) in [6.07, 6.45) is 0. The quantitative estimate of drug-likeness (QED) is 0.0761. The lowest BCUT2D eigenvalue weighted by molar-refractivity contribution is 0.378. The van der Waals surface area contributed by atoms with Crippen LogP contribution in [0.2, 0.25) is 0 Å².